The largest absolute Gasteiger partial charge is 0.398 e. The van der Waals surface area contributed by atoms with E-state index in [1.165, 1.54) is 6.07 Å². The zero-order valence-electron chi connectivity index (χ0n) is 10.5. The number of nitrogens with two attached hydrogens (primary N) is 1. The van der Waals surface area contributed by atoms with Gasteiger partial charge in [-0.2, -0.15) is 4.98 Å². The molecule has 0 unspecified atom stereocenters. The molecule has 0 aliphatic carbocycles. The van der Waals surface area contributed by atoms with Crippen molar-refractivity contribution in [1.29, 1.82) is 0 Å². The molecule has 3 rings (SSSR count). The first kappa shape index (κ1) is 14.2. The molecular formula is C14H8Br2FN3O. The summed E-state index contributed by atoms with van der Waals surface area (Å²) in [5.41, 5.74) is 7.73. The number of nitrogens with zero attached hydrogens (tertiary/aromatic N) is 2. The lowest BCUT2D eigenvalue weighted by atomic mass is 10.2. The van der Waals surface area contributed by atoms with Crippen LogP contribution in [-0.4, -0.2) is 10.1 Å². The zero-order valence-corrected chi connectivity index (χ0v) is 13.7. The fourth-order valence-electron chi connectivity index (χ4n) is 1.80. The molecule has 0 saturated carbocycles. The van der Waals surface area contributed by atoms with Crippen molar-refractivity contribution in [3.63, 3.8) is 0 Å². The van der Waals surface area contributed by atoms with E-state index in [1.807, 2.05) is 6.07 Å². The maximum atomic E-state index is 13.2. The number of halogens is 3. The quantitative estimate of drug-likeness (QED) is 0.622. The van der Waals surface area contributed by atoms with Crippen LogP contribution in [0.25, 0.3) is 22.8 Å². The molecular weight excluding hydrogens is 405 g/mol. The molecule has 0 amide bonds. The normalized spacial score (nSPS) is 10.8. The maximum absolute atomic E-state index is 13.2. The van der Waals surface area contributed by atoms with E-state index in [4.69, 9.17) is 10.3 Å². The molecule has 0 atom stereocenters. The van der Waals surface area contributed by atoms with Gasteiger partial charge in [0.15, 0.2) is 0 Å². The fourth-order valence-corrected chi connectivity index (χ4v) is 2.54. The van der Waals surface area contributed by atoms with Crippen molar-refractivity contribution in [2.75, 3.05) is 5.73 Å². The van der Waals surface area contributed by atoms with Gasteiger partial charge in [-0.3, -0.25) is 0 Å². The van der Waals surface area contributed by atoms with Crippen LogP contribution in [0, 0.1) is 5.82 Å². The Kier molecular flexibility index (Phi) is 3.77. The van der Waals surface area contributed by atoms with Gasteiger partial charge >= 0.3 is 0 Å². The van der Waals surface area contributed by atoms with E-state index in [0.29, 0.717) is 33.0 Å². The Morgan fingerprint density at radius 3 is 2.67 bits per heavy atom. The summed E-state index contributed by atoms with van der Waals surface area (Å²) in [5.74, 6) is 0.327. The molecule has 0 aliphatic rings. The lowest BCUT2D eigenvalue weighted by Crippen LogP contribution is -1.90. The number of hydrogen-bond acceptors (Lipinski definition) is 4. The lowest BCUT2D eigenvalue weighted by molar-refractivity contribution is 0.432. The maximum Gasteiger partial charge on any atom is 0.260 e. The molecule has 2 N–H and O–H groups in total. The van der Waals surface area contributed by atoms with Crippen molar-refractivity contribution in [2.24, 2.45) is 0 Å². The van der Waals surface area contributed by atoms with Crippen LogP contribution < -0.4 is 5.73 Å². The van der Waals surface area contributed by atoms with Crippen LogP contribution in [0.15, 0.2) is 49.9 Å². The minimum absolute atomic E-state index is 0.309. The van der Waals surface area contributed by atoms with E-state index in [1.54, 1.807) is 24.3 Å². The molecule has 106 valence electrons. The average Bonchev–Trinajstić information content (AvgIpc) is 2.94. The molecule has 21 heavy (non-hydrogen) atoms. The van der Waals surface area contributed by atoms with Crippen molar-refractivity contribution in [2.45, 2.75) is 0 Å². The number of nitrogen functional groups attached to an aromatic ring is 1. The molecule has 1 aromatic heterocycles. The minimum Gasteiger partial charge on any atom is -0.398 e. The van der Waals surface area contributed by atoms with Crippen molar-refractivity contribution >= 4 is 37.5 Å². The lowest BCUT2D eigenvalue weighted by Gasteiger charge is -2.00. The summed E-state index contributed by atoms with van der Waals surface area (Å²) < 4.78 is 19.7. The van der Waals surface area contributed by atoms with E-state index in [0.717, 1.165) is 4.47 Å². The molecule has 7 heteroatoms. The molecule has 0 spiro atoms. The second kappa shape index (κ2) is 5.57. The number of aromatic nitrogens is 2. The second-order valence-corrected chi connectivity index (χ2v) is 6.05. The van der Waals surface area contributed by atoms with Crippen LogP contribution in [0.4, 0.5) is 10.1 Å². The third-order valence-corrected chi connectivity index (χ3v) is 3.95. The Bertz CT molecular complexity index is 820. The highest BCUT2D eigenvalue weighted by Crippen LogP contribution is 2.30. The van der Waals surface area contributed by atoms with E-state index in [9.17, 15) is 4.39 Å². The van der Waals surface area contributed by atoms with Gasteiger partial charge in [-0.15, -0.1) is 0 Å². The van der Waals surface area contributed by atoms with Gasteiger partial charge in [-0.1, -0.05) is 21.1 Å². The summed E-state index contributed by atoms with van der Waals surface area (Å²) in [7, 11) is 0. The predicted molar refractivity (Wildman–Crippen MR) is 84.9 cm³/mol. The van der Waals surface area contributed by atoms with Crippen molar-refractivity contribution in [1.82, 2.24) is 10.1 Å². The topological polar surface area (TPSA) is 64.9 Å². The first-order valence-electron chi connectivity index (χ1n) is 5.89. The number of benzene rings is 2. The van der Waals surface area contributed by atoms with E-state index >= 15 is 0 Å². The highest BCUT2D eigenvalue weighted by Gasteiger charge is 2.14. The predicted octanol–water partition coefficient (Wildman–Crippen LogP) is 4.65. The summed E-state index contributed by atoms with van der Waals surface area (Å²) in [5, 5.41) is 3.90. The number of anilines is 1. The Morgan fingerprint density at radius 1 is 1.10 bits per heavy atom. The summed E-state index contributed by atoms with van der Waals surface area (Å²) >= 11 is 6.50. The van der Waals surface area contributed by atoms with E-state index in [-0.39, 0.29) is 5.82 Å². The highest BCUT2D eigenvalue weighted by molar-refractivity contribution is 9.10. The van der Waals surface area contributed by atoms with Crippen LogP contribution in [0.2, 0.25) is 0 Å². The number of hydrogen-bond donors (Lipinski definition) is 1. The van der Waals surface area contributed by atoms with Gasteiger partial charge in [0.2, 0.25) is 5.82 Å². The molecule has 0 fully saturated rings. The SMILES string of the molecule is Nc1ccc(Br)cc1-c1nc(-c2ccc(F)c(Br)c2)no1. The molecule has 0 radical (unpaired) electrons. The van der Waals surface area contributed by atoms with Gasteiger partial charge in [-0.05, 0) is 52.3 Å². The van der Waals surface area contributed by atoms with E-state index in [2.05, 4.69) is 42.0 Å². The van der Waals surface area contributed by atoms with Crippen LogP contribution in [0.5, 0.6) is 0 Å². The molecule has 0 bridgehead atoms. The molecule has 3 aromatic rings. The van der Waals surface area contributed by atoms with E-state index < -0.39 is 0 Å². The van der Waals surface area contributed by atoms with Gasteiger partial charge in [0.1, 0.15) is 5.82 Å². The third-order valence-electron chi connectivity index (χ3n) is 2.85. The van der Waals surface area contributed by atoms with Gasteiger partial charge in [0.05, 0.1) is 10.0 Å². The van der Waals surface area contributed by atoms with Crippen LogP contribution in [0.3, 0.4) is 0 Å². The Hall–Kier alpha value is -1.73. The standard InChI is InChI=1S/C14H8Br2FN3O/c15-8-2-4-12(18)9(6-8)14-19-13(20-21-14)7-1-3-11(17)10(16)5-7/h1-6H,18H2. The monoisotopic (exact) mass is 411 g/mol. The van der Waals surface area contributed by atoms with Gasteiger partial charge in [0, 0.05) is 15.7 Å². The summed E-state index contributed by atoms with van der Waals surface area (Å²) in [6.07, 6.45) is 0. The molecule has 0 aliphatic heterocycles. The van der Waals surface area contributed by atoms with Crippen LogP contribution >= 0.6 is 31.9 Å². The number of rotatable bonds is 2. The fraction of sp³-hybridized carbons (Fsp3) is 0. The van der Waals surface area contributed by atoms with Crippen molar-refractivity contribution in [3.8, 4) is 22.8 Å². The third kappa shape index (κ3) is 2.84. The summed E-state index contributed by atoms with van der Waals surface area (Å²) in [4.78, 5) is 4.30. The summed E-state index contributed by atoms with van der Waals surface area (Å²) in [6, 6.07) is 9.88. The molecule has 2 aromatic carbocycles. The van der Waals surface area contributed by atoms with Gasteiger partial charge in [-0.25, -0.2) is 4.39 Å². The molecule has 1 heterocycles. The molecule has 4 nitrogen and oxygen atoms in total. The van der Waals surface area contributed by atoms with Crippen molar-refractivity contribution < 1.29 is 8.91 Å². The zero-order chi connectivity index (χ0) is 15.0. The Morgan fingerprint density at radius 2 is 1.90 bits per heavy atom. The Balaban J connectivity index is 2.03. The molecule has 0 saturated heterocycles. The minimum atomic E-state index is -0.348. The van der Waals surface area contributed by atoms with Gasteiger partial charge < -0.3 is 10.3 Å². The summed E-state index contributed by atoms with van der Waals surface area (Å²) in [6.45, 7) is 0. The first-order valence-corrected chi connectivity index (χ1v) is 7.48. The average molecular weight is 413 g/mol. The van der Waals surface area contributed by atoms with Crippen LogP contribution in [-0.2, 0) is 0 Å². The highest BCUT2D eigenvalue weighted by atomic mass is 79.9. The Labute approximate surface area is 136 Å². The smallest absolute Gasteiger partial charge is 0.260 e. The van der Waals surface area contributed by atoms with Gasteiger partial charge in [0.25, 0.3) is 5.89 Å². The second-order valence-electron chi connectivity index (χ2n) is 4.28. The van der Waals surface area contributed by atoms with Crippen LogP contribution in [0.1, 0.15) is 0 Å². The van der Waals surface area contributed by atoms with Crippen molar-refractivity contribution in [3.05, 3.63) is 51.2 Å². The first-order chi connectivity index (χ1) is 10.0.